The molecule has 0 aliphatic carbocycles. The molecule has 2 aromatic carbocycles. The van der Waals surface area contributed by atoms with Gasteiger partial charge in [0, 0.05) is 25.0 Å². The summed E-state index contributed by atoms with van der Waals surface area (Å²) in [4.78, 5) is 12.2. The zero-order chi connectivity index (χ0) is 18.4. The molecule has 2 N–H and O–H groups in total. The standard InChI is InChI=1S/C19H19ClN4O2/c1-26-16-7-8-18(17(20)11-16)23-19(25)21-12-14-5-2-3-6-15(14)13-24-10-4-9-22-24/h2-11H,12-13H2,1H3,(H2,21,23,25). The van der Waals surface area contributed by atoms with E-state index in [9.17, 15) is 4.79 Å². The number of halogens is 1. The van der Waals surface area contributed by atoms with Crippen molar-refractivity contribution in [2.45, 2.75) is 13.1 Å². The molecule has 0 saturated carbocycles. The summed E-state index contributed by atoms with van der Waals surface area (Å²) in [6, 6.07) is 14.6. The Morgan fingerprint density at radius 3 is 2.69 bits per heavy atom. The summed E-state index contributed by atoms with van der Waals surface area (Å²) in [5.41, 5.74) is 2.65. The van der Waals surface area contributed by atoms with E-state index in [1.807, 2.05) is 41.2 Å². The monoisotopic (exact) mass is 370 g/mol. The van der Waals surface area contributed by atoms with Crippen LogP contribution in [0.3, 0.4) is 0 Å². The number of methoxy groups -OCH3 is 1. The van der Waals surface area contributed by atoms with Gasteiger partial charge in [0.2, 0.25) is 0 Å². The van der Waals surface area contributed by atoms with E-state index in [0.717, 1.165) is 11.1 Å². The van der Waals surface area contributed by atoms with Crippen LogP contribution in [0.1, 0.15) is 11.1 Å². The number of nitrogens with zero attached hydrogens (tertiary/aromatic N) is 2. The average molecular weight is 371 g/mol. The van der Waals surface area contributed by atoms with Gasteiger partial charge in [-0.1, -0.05) is 35.9 Å². The molecule has 0 aliphatic heterocycles. The number of benzene rings is 2. The van der Waals surface area contributed by atoms with Crippen molar-refractivity contribution in [2.75, 3.05) is 12.4 Å². The Hall–Kier alpha value is -2.99. The van der Waals surface area contributed by atoms with Crippen LogP contribution in [0.2, 0.25) is 5.02 Å². The van der Waals surface area contributed by atoms with Crippen molar-refractivity contribution < 1.29 is 9.53 Å². The van der Waals surface area contributed by atoms with Crippen molar-refractivity contribution in [2.24, 2.45) is 0 Å². The van der Waals surface area contributed by atoms with Crippen molar-refractivity contribution >= 4 is 23.3 Å². The summed E-state index contributed by atoms with van der Waals surface area (Å²) in [5, 5.41) is 10.2. The lowest BCUT2D eigenvalue weighted by Gasteiger charge is -2.12. The first-order valence-corrected chi connectivity index (χ1v) is 8.46. The zero-order valence-corrected chi connectivity index (χ0v) is 15.0. The highest BCUT2D eigenvalue weighted by Gasteiger charge is 2.08. The summed E-state index contributed by atoms with van der Waals surface area (Å²) in [5.74, 6) is 0.633. The van der Waals surface area contributed by atoms with Crippen LogP contribution in [0.15, 0.2) is 60.9 Å². The second-order valence-corrected chi connectivity index (χ2v) is 6.03. The highest BCUT2D eigenvalue weighted by Crippen LogP contribution is 2.26. The molecule has 0 spiro atoms. The predicted molar refractivity (Wildman–Crippen MR) is 102 cm³/mol. The molecule has 0 saturated heterocycles. The van der Waals surface area contributed by atoms with Crippen LogP contribution in [-0.2, 0) is 13.1 Å². The minimum Gasteiger partial charge on any atom is -0.497 e. The number of hydrogen-bond acceptors (Lipinski definition) is 3. The Kier molecular flexibility index (Phi) is 5.76. The third-order valence-corrected chi connectivity index (χ3v) is 4.19. The molecule has 6 nitrogen and oxygen atoms in total. The Morgan fingerprint density at radius 1 is 1.19 bits per heavy atom. The molecule has 0 atom stereocenters. The Bertz CT molecular complexity index is 881. The second kappa shape index (κ2) is 8.40. The normalized spacial score (nSPS) is 10.4. The van der Waals surface area contributed by atoms with Crippen LogP contribution in [0.5, 0.6) is 5.75 Å². The van der Waals surface area contributed by atoms with Gasteiger partial charge >= 0.3 is 6.03 Å². The van der Waals surface area contributed by atoms with Crippen LogP contribution in [-0.4, -0.2) is 22.9 Å². The smallest absolute Gasteiger partial charge is 0.319 e. The Morgan fingerprint density at radius 2 is 2.00 bits per heavy atom. The molecule has 134 valence electrons. The van der Waals surface area contributed by atoms with E-state index < -0.39 is 0 Å². The van der Waals surface area contributed by atoms with E-state index in [1.54, 1.807) is 31.5 Å². The van der Waals surface area contributed by atoms with Gasteiger partial charge in [-0.2, -0.15) is 5.10 Å². The summed E-state index contributed by atoms with van der Waals surface area (Å²) in [6.07, 6.45) is 3.65. The number of ether oxygens (including phenoxy) is 1. The van der Waals surface area contributed by atoms with Gasteiger partial charge in [-0.3, -0.25) is 4.68 Å². The largest absolute Gasteiger partial charge is 0.497 e. The van der Waals surface area contributed by atoms with Gasteiger partial charge < -0.3 is 15.4 Å². The fourth-order valence-electron chi connectivity index (χ4n) is 2.52. The molecule has 3 aromatic rings. The Balaban J connectivity index is 1.61. The summed E-state index contributed by atoms with van der Waals surface area (Å²) in [7, 11) is 1.56. The summed E-state index contributed by atoms with van der Waals surface area (Å²) >= 11 is 6.14. The molecule has 0 fully saturated rings. The highest BCUT2D eigenvalue weighted by atomic mass is 35.5. The fourth-order valence-corrected chi connectivity index (χ4v) is 2.74. The van der Waals surface area contributed by atoms with Crippen LogP contribution in [0, 0.1) is 0 Å². The number of amides is 2. The first-order chi connectivity index (χ1) is 12.7. The molecule has 1 heterocycles. The quantitative estimate of drug-likeness (QED) is 0.691. The SMILES string of the molecule is COc1ccc(NC(=O)NCc2ccccc2Cn2cccn2)c(Cl)c1. The van der Waals surface area contributed by atoms with Gasteiger partial charge in [0.05, 0.1) is 24.4 Å². The van der Waals surface area contributed by atoms with Crippen LogP contribution >= 0.6 is 11.6 Å². The van der Waals surface area contributed by atoms with Gasteiger partial charge in [-0.15, -0.1) is 0 Å². The number of carbonyl (C=O) groups excluding carboxylic acids is 1. The molecule has 7 heteroatoms. The van der Waals surface area contributed by atoms with Crippen molar-refractivity contribution in [1.82, 2.24) is 15.1 Å². The number of nitrogens with one attached hydrogen (secondary N) is 2. The number of aromatic nitrogens is 2. The van der Waals surface area contributed by atoms with Gasteiger partial charge in [-0.05, 0) is 29.3 Å². The van der Waals surface area contributed by atoms with E-state index in [1.165, 1.54) is 0 Å². The molecule has 2 amide bonds. The number of anilines is 1. The third kappa shape index (κ3) is 4.55. The van der Waals surface area contributed by atoms with Gasteiger partial charge in [0.1, 0.15) is 5.75 Å². The summed E-state index contributed by atoms with van der Waals surface area (Å²) in [6.45, 7) is 1.05. The van der Waals surface area contributed by atoms with Crippen molar-refractivity contribution in [3.63, 3.8) is 0 Å². The zero-order valence-electron chi connectivity index (χ0n) is 14.3. The minimum atomic E-state index is -0.328. The number of urea groups is 1. The summed E-state index contributed by atoms with van der Waals surface area (Å²) < 4.78 is 6.94. The first kappa shape index (κ1) is 17.8. The highest BCUT2D eigenvalue weighted by molar-refractivity contribution is 6.33. The van der Waals surface area contributed by atoms with E-state index in [-0.39, 0.29) is 6.03 Å². The van der Waals surface area contributed by atoms with E-state index in [0.29, 0.717) is 29.5 Å². The van der Waals surface area contributed by atoms with Crippen molar-refractivity contribution in [3.05, 3.63) is 77.1 Å². The number of carbonyl (C=O) groups is 1. The van der Waals surface area contributed by atoms with E-state index >= 15 is 0 Å². The topological polar surface area (TPSA) is 68.2 Å². The maximum Gasteiger partial charge on any atom is 0.319 e. The van der Waals surface area contributed by atoms with Crippen molar-refractivity contribution in [3.8, 4) is 5.75 Å². The molecular formula is C19H19ClN4O2. The minimum absolute atomic E-state index is 0.328. The van der Waals surface area contributed by atoms with Crippen molar-refractivity contribution in [1.29, 1.82) is 0 Å². The lowest BCUT2D eigenvalue weighted by atomic mass is 10.1. The molecule has 0 unspecified atom stereocenters. The predicted octanol–water partition coefficient (Wildman–Crippen LogP) is 3.92. The molecule has 3 rings (SSSR count). The van der Waals surface area contributed by atoms with Gasteiger partial charge in [0.15, 0.2) is 0 Å². The average Bonchev–Trinajstić information content (AvgIpc) is 3.16. The van der Waals surface area contributed by atoms with E-state index in [4.69, 9.17) is 16.3 Å². The lowest BCUT2D eigenvalue weighted by Crippen LogP contribution is -2.28. The molecule has 0 aliphatic rings. The van der Waals surface area contributed by atoms with Crippen LogP contribution in [0.4, 0.5) is 10.5 Å². The number of rotatable bonds is 6. The third-order valence-electron chi connectivity index (χ3n) is 3.87. The van der Waals surface area contributed by atoms with Gasteiger partial charge in [-0.25, -0.2) is 4.79 Å². The van der Waals surface area contributed by atoms with Crippen LogP contribution < -0.4 is 15.4 Å². The molecule has 26 heavy (non-hydrogen) atoms. The maximum absolute atomic E-state index is 12.2. The molecule has 0 bridgehead atoms. The first-order valence-electron chi connectivity index (χ1n) is 8.08. The van der Waals surface area contributed by atoms with Gasteiger partial charge in [0.25, 0.3) is 0 Å². The molecular weight excluding hydrogens is 352 g/mol. The lowest BCUT2D eigenvalue weighted by molar-refractivity contribution is 0.251. The maximum atomic E-state index is 12.2. The Labute approximate surface area is 156 Å². The molecule has 0 radical (unpaired) electrons. The van der Waals surface area contributed by atoms with E-state index in [2.05, 4.69) is 15.7 Å². The molecule has 1 aromatic heterocycles. The number of hydrogen-bond donors (Lipinski definition) is 2. The second-order valence-electron chi connectivity index (χ2n) is 5.63. The van der Waals surface area contributed by atoms with Crippen LogP contribution in [0.25, 0.3) is 0 Å². The fraction of sp³-hybridized carbons (Fsp3) is 0.158.